The lowest BCUT2D eigenvalue weighted by Crippen LogP contribution is -2.51. The number of aryl methyl sites for hydroxylation is 2. The second-order valence-electron chi connectivity index (χ2n) is 6.72. The van der Waals surface area contributed by atoms with Gasteiger partial charge in [-0.3, -0.25) is 9.58 Å². The van der Waals surface area contributed by atoms with Gasteiger partial charge in [-0.05, 0) is 38.2 Å². The summed E-state index contributed by atoms with van der Waals surface area (Å²) in [6.45, 7) is 9.40. The first-order valence-electron chi connectivity index (χ1n) is 9.19. The summed E-state index contributed by atoms with van der Waals surface area (Å²) < 4.78 is 15.9. The van der Waals surface area contributed by atoms with E-state index in [0.29, 0.717) is 23.7 Å². The van der Waals surface area contributed by atoms with Gasteiger partial charge in [0.05, 0.1) is 5.69 Å². The predicted octanol–water partition coefficient (Wildman–Crippen LogP) is 3.20. The molecule has 2 aromatic rings. The van der Waals surface area contributed by atoms with Gasteiger partial charge < -0.3 is 10.2 Å². The van der Waals surface area contributed by atoms with E-state index in [1.165, 1.54) is 6.07 Å². The number of rotatable bonds is 5. The lowest BCUT2D eigenvalue weighted by molar-refractivity contribution is 0.173. The minimum atomic E-state index is -0.245. The van der Waals surface area contributed by atoms with Crippen LogP contribution in [-0.2, 0) is 19.6 Å². The molecule has 0 radical (unpaired) electrons. The summed E-state index contributed by atoms with van der Waals surface area (Å²) in [4.78, 5) is 4.37. The van der Waals surface area contributed by atoms with E-state index in [0.717, 1.165) is 49.1 Å². The normalized spacial score (nSPS) is 15.2. The molecular weight excluding hydrogens is 385 g/mol. The average molecular weight is 410 g/mol. The number of hydrogen-bond donors (Lipinski definition) is 1. The molecule has 1 fully saturated rings. The summed E-state index contributed by atoms with van der Waals surface area (Å²) in [5.41, 5.74) is 2.75. The summed E-state index contributed by atoms with van der Waals surface area (Å²) in [7, 11) is 0. The van der Waals surface area contributed by atoms with Gasteiger partial charge in [0.2, 0.25) is 0 Å². The summed E-state index contributed by atoms with van der Waals surface area (Å²) in [5.74, 6) is -0.245. The molecular formula is C19H25ClFN5S. The van der Waals surface area contributed by atoms with Crippen molar-refractivity contribution in [3.05, 3.63) is 52.1 Å². The number of nitrogens with one attached hydrogen (secondary N) is 1. The van der Waals surface area contributed by atoms with E-state index >= 15 is 0 Å². The monoisotopic (exact) mass is 409 g/mol. The Morgan fingerprint density at radius 2 is 2.04 bits per heavy atom. The molecule has 0 saturated carbocycles. The zero-order valence-electron chi connectivity index (χ0n) is 15.7. The van der Waals surface area contributed by atoms with E-state index in [-0.39, 0.29) is 5.82 Å². The fraction of sp³-hybridized carbons (Fsp3) is 0.474. The Morgan fingerprint density at radius 3 is 2.67 bits per heavy atom. The first-order valence-corrected chi connectivity index (χ1v) is 9.97. The maximum Gasteiger partial charge on any atom is 0.169 e. The highest BCUT2D eigenvalue weighted by molar-refractivity contribution is 7.80. The van der Waals surface area contributed by atoms with Crippen molar-refractivity contribution >= 4 is 28.9 Å². The molecule has 1 aliphatic rings. The van der Waals surface area contributed by atoms with Gasteiger partial charge in [-0.25, -0.2) is 4.39 Å². The van der Waals surface area contributed by atoms with Crippen LogP contribution in [0.5, 0.6) is 0 Å². The number of nitrogens with zero attached hydrogens (tertiary/aromatic N) is 4. The molecule has 1 N–H and O–H groups in total. The highest BCUT2D eigenvalue weighted by Crippen LogP contribution is 2.21. The second kappa shape index (κ2) is 8.99. The fourth-order valence-corrected chi connectivity index (χ4v) is 3.67. The van der Waals surface area contributed by atoms with Crippen LogP contribution in [0.2, 0.25) is 5.02 Å². The van der Waals surface area contributed by atoms with E-state index in [1.807, 2.05) is 11.6 Å². The van der Waals surface area contributed by atoms with Crippen LogP contribution in [0.1, 0.15) is 23.7 Å². The zero-order valence-corrected chi connectivity index (χ0v) is 17.3. The quantitative estimate of drug-likeness (QED) is 0.767. The minimum Gasteiger partial charge on any atom is -0.358 e. The predicted molar refractivity (Wildman–Crippen MR) is 110 cm³/mol. The van der Waals surface area contributed by atoms with E-state index in [2.05, 4.69) is 33.3 Å². The topological polar surface area (TPSA) is 36.3 Å². The lowest BCUT2D eigenvalue weighted by Gasteiger charge is -2.36. The first-order chi connectivity index (χ1) is 13.0. The van der Waals surface area contributed by atoms with Crippen LogP contribution in [-0.4, -0.2) is 50.9 Å². The number of aromatic nitrogens is 2. The molecule has 0 unspecified atom stereocenters. The van der Waals surface area contributed by atoms with Crippen LogP contribution < -0.4 is 5.32 Å². The third kappa shape index (κ3) is 4.97. The Balaban J connectivity index is 1.48. The van der Waals surface area contributed by atoms with Crippen molar-refractivity contribution in [3.63, 3.8) is 0 Å². The Morgan fingerprint density at radius 1 is 1.30 bits per heavy atom. The lowest BCUT2D eigenvalue weighted by atomic mass is 10.2. The average Bonchev–Trinajstić information content (AvgIpc) is 3.03. The van der Waals surface area contributed by atoms with Gasteiger partial charge in [0.1, 0.15) is 5.82 Å². The molecule has 8 heteroatoms. The van der Waals surface area contributed by atoms with E-state index in [4.69, 9.17) is 23.8 Å². The van der Waals surface area contributed by atoms with Crippen molar-refractivity contribution in [2.45, 2.75) is 33.5 Å². The van der Waals surface area contributed by atoms with Crippen molar-refractivity contribution in [3.8, 4) is 0 Å². The maximum absolute atomic E-state index is 14.0. The molecule has 1 aromatic carbocycles. The van der Waals surface area contributed by atoms with Crippen molar-refractivity contribution in [2.24, 2.45) is 0 Å². The van der Waals surface area contributed by atoms with E-state index in [1.54, 1.807) is 12.1 Å². The van der Waals surface area contributed by atoms with Gasteiger partial charge in [-0.15, -0.1) is 0 Å². The van der Waals surface area contributed by atoms with Gasteiger partial charge >= 0.3 is 0 Å². The number of thiocarbonyl (C=S) groups is 1. The molecule has 5 nitrogen and oxygen atoms in total. The van der Waals surface area contributed by atoms with Gasteiger partial charge in [-0.1, -0.05) is 17.7 Å². The fourth-order valence-electron chi connectivity index (χ4n) is 3.19. The standard InChI is InChI=1S/C19H25ClFN5S/c1-3-26-12-15(14(2)23-26)11-22-19(27)25-9-7-24(8-10-25)13-16-17(20)5-4-6-18(16)21/h4-6,12H,3,7-11,13H2,1-2H3,(H,22,27). The third-order valence-electron chi connectivity index (χ3n) is 4.90. The molecule has 1 saturated heterocycles. The largest absolute Gasteiger partial charge is 0.358 e. The Hall–Kier alpha value is -1.70. The first kappa shape index (κ1) is 20.0. The summed E-state index contributed by atoms with van der Waals surface area (Å²) in [5, 5.41) is 9.03. The van der Waals surface area contributed by atoms with E-state index < -0.39 is 0 Å². The molecule has 0 spiro atoms. The molecule has 146 valence electrons. The number of piperazine rings is 1. The Bertz CT molecular complexity index is 781. The van der Waals surface area contributed by atoms with Crippen LogP contribution in [0.15, 0.2) is 24.4 Å². The summed E-state index contributed by atoms with van der Waals surface area (Å²) >= 11 is 11.7. The number of benzene rings is 1. The zero-order chi connectivity index (χ0) is 19.4. The highest BCUT2D eigenvalue weighted by atomic mass is 35.5. The van der Waals surface area contributed by atoms with Gasteiger partial charge in [-0.2, -0.15) is 5.10 Å². The van der Waals surface area contributed by atoms with Crippen LogP contribution in [0.4, 0.5) is 4.39 Å². The van der Waals surface area contributed by atoms with Crippen LogP contribution in [0.3, 0.4) is 0 Å². The maximum atomic E-state index is 14.0. The molecule has 1 aliphatic heterocycles. The SMILES string of the molecule is CCn1cc(CNC(=S)N2CCN(Cc3c(F)cccc3Cl)CC2)c(C)n1. The van der Waals surface area contributed by atoms with E-state index in [9.17, 15) is 4.39 Å². The Labute approximate surface area is 170 Å². The summed E-state index contributed by atoms with van der Waals surface area (Å²) in [6.07, 6.45) is 2.06. The van der Waals surface area contributed by atoms with Crippen LogP contribution >= 0.6 is 23.8 Å². The van der Waals surface area contributed by atoms with Crippen molar-refractivity contribution in [1.29, 1.82) is 0 Å². The molecule has 0 bridgehead atoms. The summed E-state index contributed by atoms with van der Waals surface area (Å²) in [6, 6.07) is 4.83. The number of halogens is 2. The van der Waals surface area contributed by atoms with Crippen LogP contribution in [0.25, 0.3) is 0 Å². The van der Waals surface area contributed by atoms with Gasteiger partial charge in [0, 0.05) is 68.2 Å². The van der Waals surface area contributed by atoms with Gasteiger partial charge in [0.15, 0.2) is 5.11 Å². The second-order valence-corrected chi connectivity index (χ2v) is 7.51. The molecule has 0 aliphatic carbocycles. The molecule has 0 atom stereocenters. The van der Waals surface area contributed by atoms with Crippen molar-refractivity contribution < 1.29 is 4.39 Å². The number of hydrogen-bond acceptors (Lipinski definition) is 3. The van der Waals surface area contributed by atoms with Crippen molar-refractivity contribution in [2.75, 3.05) is 26.2 Å². The van der Waals surface area contributed by atoms with Crippen LogP contribution in [0, 0.1) is 12.7 Å². The Kier molecular flexibility index (Phi) is 6.68. The minimum absolute atomic E-state index is 0.245. The molecule has 0 amide bonds. The highest BCUT2D eigenvalue weighted by Gasteiger charge is 2.21. The smallest absolute Gasteiger partial charge is 0.169 e. The molecule has 3 rings (SSSR count). The van der Waals surface area contributed by atoms with Gasteiger partial charge in [0.25, 0.3) is 0 Å². The third-order valence-corrected chi connectivity index (χ3v) is 5.66. The molecule has 27 heavy (non-hydrogen) atoms. The molecule has 1 aromatic heterocycles. The molecule has 2 heterocycles. The van der Waals surface area contributed by atoms with Crippen molar-refractivity contribution in [1.82, 2.24) is 24.9 Å².